The van der Waals surface area contributed by atoms with Crippen LogP contribution in [-0.2, 0) is 0 Å². The van der Waals surface area contributed by atoms with E-state index in [0.717, 1.165) is 32.7 Å². The predicted octanol–water partition coefficient (Wildman–Crippen LogP) is 4.15. The van der Waals surface area contributed by atoms with Crippen LogP contribution < -0.4 is 5.73 Å². The van der Waals surface area contributed by atoms with Crippen molar-refractivity contribution in [2.45, 2.75) is 13.8 Å². The fraction of sp³-hybridized carbons (Fsp3) is 0.125. The van der Waals surface area contributed by atoms with Gasteiger partial charge in [-0.1, -0.05) is 23.7 Å². The van der Waals surface area contributed by atoms with E-state index in [2.05, 4.69) is 9.97 Å². The van der Waals surface area contributed by atoms with Gasteiger partial charge in [0.1, 0.15) is 5.69 Å². The number of nitrogen functional groups attached to an aromatic ring is 1. The maximum absolute atomic E-state index is 6.14. The summed E-state index contributed by atoms with van der Waals surface area (Å²) in [5, 5.41) is 0.749. The van der Waals surface area contributed by atoms with Crippen molar-refractivity contribution in [2.24, 2.45) is 0 Å². The SMILES string of the molecule is Cc1cc(-c2nc3ccccc3nc2N)c(C)cc1Cl. The Morgan fingerprint density at radius 1 is 0.950 bits per heavy atom. The van der Waals surface area contributed by atoms with E-state index >= 15 is 0 Å². The zero-order chi connectivity index (χ0) is 14.3. The van der Waals surface area contributed by atoms with Gasteiger partial charge in [-0.15, -0.1) is 0 Å². The number of para-hydroxylation sites is 2. The zero-order valence-electron chi connectivity index (χ0n) is 11.3. The maximum atomic E-state index is 6.14. The van der Waals surface area contributed by atoms with Gasteiger partial charge in [-0.2, -0.15) is 0 Å². The first kappa shape index (κ1) is 12.9. The van der Waals surface area contributed by atoms with Gasteiger partial charge in [0.2, 0.25) is 0 Å². The average Bonchev–Trinajstić information content (AvgIpc) is 2.42. The van der Waals surface area contributed by atoms with Crippen molar-refractivity contribution in [3.05, 3.63) is 52.5 Å². The monoisotopic (exact) mass is 283 g/mol. The van der Waals surface area contributed by atoms with Gasteiger partial charge in [-0.05, 0) is 49.2 Å². The highest BCUT2D eigenvalue weighted by Gasteiger charge is 2.12. The molecule has 2 aromatic carbocycles. The van der Waals surface area contributed by atoms with Crippen LogP contribution in [0.1, 0.15) is 11.1 Å². The molecule has 0 aliphatic heterocycles. The Morgan fingerprint density at radius 3 is 2.30 bits per heavy atom. The van der Waals surface area contributed by atoms with Crippen molar-refractivity contribution in [3.8, 4) is 11.3 Å². The first-order valence-electron chi connectivity index (χ1n) is 6.35. The van der Waals surface area contributed by atoms with Crippen LogP contribution in [0.3, 0.4) is 0 Å². The number of nitrogens with zero attached hydrogens (tertiary/aromatic N) is 2. The van der Waals surface area contributed by atoms with E-state index in [-0.39, 0.29) is 0 Å². The molecule has 0 unspecified atom stereocenters. The molecule has 0 fully saturated rings. The summed E-state index contributed by atoms with van der Waals surface area (Å²) >= 11 is 6.14. The van der Waals surface area contributed by atoms with E-state index in [0.29, 0.717) is 11.5 Å². The summed E-state index contributed by atoms with van der Waals surface area (Å²) in [6.07, 6.45) is 0. The molecule has 3 nitrogen and oxygen atoms in total. The number of hydrogen-bond donors (Lipinski definition) is 1. The first-order chi connectivity index (χ1) is 9.56. The third-order valence-corrected chi connectivity index (χ3v) is 3.77. The summed E-state index contributed by atoms with van der Waals surface area (Å²) in [4.78, 5) is 9.07. The number of aryl methyl sites for hydroxylation is 2. The Hall–Kier alpha value is -2.13. The highest BCUT2D eigenvalue weighted by Crippen LogP contribution is 2.31. The van der Waals surface area contributed by atoms with Crippen LogP contribution in [0, 0.1) is 13.8 Å². The molecule has 0 spiro atoms. The molecule has 0 radical (unpaired) electrons. The Balaban J connectivity index is 2.29. The molecule has 1 heterocycles. The second-order valence-corrected chi connectivity index (χ2v) is 5.27. The molecule has 0 aliphatic carbocycles. The van der Waals surface area contributed by atoms with Crippen LogP contribution in [0.2, 0.25) is 5.02 Å². The van der Waals surface area contributed by atoms with E-state index in [1.54, 1.807) is 0 Å². The smallest absolute Gasteiger partial charge is 0.150 e. The lowest BCUT2D eigenvalue weighted by Crippen LogP contribution is -2.00. The van der Waals surface area contributed by atoms with Crippen LogP contribution in [0.5, 0.6) is 0 Å². The molecule has 3 aromatic rings. The van der Waals surface area contributed by atoms with Crippen LogP contribution in [0.15, 0.2) is 36.4 Å². The Labute approximate surface area is 122 Å². The van der Waals surface area contributed by atoms with Crippen LogP contribution in [0.4, 0.5) is 5.82 Å². The largest absolute Gasteiger partial charge is 0.382 e. The molecule has 0 bridgehead atoms. The van der Waals surface area contributed by atoms with Crippen molar-refractivity contribution in [2.75, 3.05) is 5.73 Å². The predicted molar refractivity (Wildman–Crippen MR) is 83.9 cm³/mol. The molecular weight excluding hydrogens is 270 g/mol. The second kappa shape index (κ2) is 4.76. The molecule has 0 saturated carbocycles. The lowest BCUT2D eigenvalue weighted by atomic mass is 10.0. The van der Waals surface area contributed by atoms with Crippen molar-refractivity contribution >= 4 is 28.5 Å². The number of aromatic nitrogens is 2. The van der Waals surface area contributed by atoms with Crippen molar-refractivity contribution in [1.29, 1.82) is 0 Å². The zero-order valence-corrected chi connectivity index (χ0v) is 12.1. The molecule has 0 atom stereocenters. The lowest BCUT2D eigenvalue weighted by molar-refractivity contribution is 1.28. The summed E-state index contributed by atoms with van der Waals surface area (Å²) in [5.74, 6) is 0.438. The van der Waals surface area contributed by atoms with Crippen LogP contribution >= 0.6 is 11.6 Å². The number of fused-ring (bicyclic) bond motifs is 1. The van der Waals surface area contributed by atoms with Gasteiger partial charge in [-0.3, -0.25) is 0 Å². The topological polar surface area (TPSA) is 51.8 Å². The summed E-state index contributed by atoms with van der Waals surface area (Å²) in [6, 6.07) is 11.6. The molecule has 100 valence electrons. The fourth-order valence-corrected chi connectivity index (χ4v) is 2.47. The summed E-state index contributed by atoms with van der Waals surface area (Å²) in [6.45, 7) is 3.97. The molecule has 0 amide bonds. The van der Waals surface area contributed by atoms with Crippen LogP contribution in [0.25, 0.3) is 22.3 Å². The highest BCUT2D eigenvalue weighted by atomic mass is 35.5. The number of hydrogen-bond acceptors (Lipinski definition) is 3. The minimum atomic E-state index is 0.438. The van der Waals surface area contributed by atoms with E-state index in [1.807, 2.05) is 50.2 Å². The van der Waals surface area contributed by atoms with Gasteiger partial charge in [0.25, 0.3) is 0 Å². The maximum Gasteiger partial charge on any atom is 0.150 e. The molecule has 4 heteroatoms. The third-order valence-electron chi connectivity index (χ3n) is 3.36. The second-order valence-electron chi connectivity index (χ2n) is 4.86. The van der Waals surface area contributed by atoms with Crippen molar-refractivity contribution < 1.29 is 0 Å². The molecule has 0 aliphatic rings. The number of rotatable bonds is 1. The number of nitrogens with two attached hydrogens (primary N) is 1. The average molecular weight is 284 g/mol. The fourth-order valence-electron chi connectivity index (χ4n) is 2.25. The molecule has 1 aromatic heterocycles. The molecule has 0 saturated heterocycles. The molecule has 3 rings (SSSR count). The van der Waals surface area contributed by atoms with Gasteiger partial charge in [0, 0.05) is 10.6 Å². The molecule has 20 heavy (non-hydrogen) atoms. The highest BCUT2D eigenvalue weighted by molar-refractivity contribution is 6.31. The first-order valence-corrected chi connectivity index (χ1v) is 6.73. The van der Waals surface area contributed by atoms with Gasteiger partial charge >= 0.3 is 0 Å². The van der Waals surface area contributed by atoms with Gasteiger partial charge in [0.15, 0.2) is 5.82 Å². The Kier molecular flexibility index (Phi) is 3.07. The standard InChI is InChI=1S/C16H14ClN3/c1-9-8-12(17)10(2)7-11(9)15-16(18)20-14-6-4-3-5-13(14)19-15/h3-8H,1-2H3,(H2,18,20). The normalized spacial score (nSPS) is 10.9. The summed E-state index contributed by atoms with van der Waals surface area (Å²) < 4.78 is 0. The van der Waals surface area contributed by atoms with Gasteiger partial charge < -0.3 is 5.73 Å². The minimum Gasteiger partial charge on any atom is -0.382 e. The lowest BCUT2D eigenvalue weighted by Gasteiger charge is -2.11. The Bertz CT molecular complexity index is 812. The number of anilines is 1. The van der Waals surface area contributed by atoms with E-state index in [1.165, 1.54) is 0 Å². The summed E-state index contributed by atoms with van der Waals surface area (Å²) in [7, 11) is 0. The van der Waals surface area contributed by atoms with E-state index in [4.69, 9.17) is 17.3 Å². The number of benzene rings is 2. The van der Waals surface area contributed by atoms with Crippen molar-refractivity contribution in [3.63, 3.8) is 0 Å². The van der Waals surface area contributed by atoms with Crippen molar-refractivity contribution in [1.82, 2.24) is 9.97 Å². The number of halogens is 1. The molecular formula is C16H14ClN3. The quantitative estimate of drug-likeness (QED) is 0.730. The van der Waals surface area contributed by atoms with Gasteiger partial charge in [0.05, 0.1) is 11.0 Å². The van der Waals surface area contributed by atoms with E-state index < -0.39 is 0 Å². The minimum absolute atomic E-state index is 0.438. The molecule has 2 N–H and O–H groups in total. The summed E-state index contributed by atoms with van der Waals surface area (Å²) in [5.41, 5.74) is 11.4. The van der Waals surface area contributed by atoms with Crippen LogP contribution in [-0.4, -0.2) is 9.97 Å². The van der Waals surface area contributed by atoms with Gasteiger partial charge in [-0.25, -0.2) is 9.97 Å². The Morgan fingerprint density at radius 2 is 1.60 bits per heavy atom. The van der Waals surface area contributed by atoms with E-state index in [9.17, 15) is 0 Å². The third kappa shape index (κ3) is 2.10.